The van der Waals surface area contributed by atoms with E-state index in [1.807, 2.05) is 12.3 Å². The number of aryl methyl sites for hydroxylation is 1. The number of anilines is 1. The number of nitrogens with one attached hydrogen (secondary N) is 1. The highest BCUT2D eigenvalue weighted by atomic mass is 35.5. The summed E-state index contributed by atoms with van der Waals surface area (Å²) < 4.78 is 2.12. The van der Waals surface area contributed by atoms with E-state index in [9.17, 15) is 10.1 Å². The highest BCUT2D eigenvalue weighted by Gasteiger charge is 2.09. The summed E-state index contributed by atoms with van der Waals surface area (Å²) in [5.41, 5.74) is 1.71. The second-order valence-electron chi connectivity index (χ2n) is 4.53. The van der Waals surface area contributed by atoms with E-state index in [1.54, 1.807) is 0 Å². The molecule has 1 aromatic carbocycles. The summed E-state index contributed by atoms with van der Waals surface area (Å²) in [6.07, 6.45) is 5.16. The van der Waals surface area contributed by atoms with Gasteiger partial charge in [0.2, 0.25) is 0 Å². The van der Waals surface area contributed by atoms with E-state index in [4.69, 9.17) is 11.6 Å². The average Bonchev–Trinajstić information content (AvgIpc) is 2.86. The van der Waals surface area contributed by atoms with Crippen LogP contribution in [-0.4, -0.2) is 9.49 Å². The fourth-order valence-electron chi connectivity index (χ4n) is 1.95. The van der Waals surface area contributed by atoms with Crippen LogP contribution >= 0.6 is 11.6 Å². The molecule has 5 nitrogen and oxygen atoms in total. The predicted molar refractivity (Wildman–Crippen MR) is 80.2 cm³/mol. The number of aromatic nitrogens is 1. The van der Waals surface area contributed by atoms with E-state index >= 15 is 0 Å². The fraction of sp³-hybridized carbons (Fsp3) is 0.286. The van der Waals surface area contributed by atoms with E-state index in [2.05, 4.69) is 23.0 Å². The molecule has 0 unspecified atom stereocenters. The Balaban J connectivity index is 2.05. The topological polar surface area (TPSA) is 60.1 Å². The van der Waals surface area contributed by atoms with Gasteiger partial charge in [-0.25, -0.2) is 0 Å². The van der Waals surface area contributed by atoms with Crippen molar-refractivity contribution in [3.05, 3.63) is 57.4 Å². The van der Waals surface area contributed by atoms with Crippen molar-refractivity contribution in [3.63, 3.8) is 0 Å². The molecule has 0 aliphatic rings. The van der Waals surface area contributed by atoms with Gasteiger partial charge in [-0.1, -0.05) is 18.5 Å². The van der Waals surface area contributed by atoms with Gasteiger partial charge < -0.3 is 9.88 Å². The molecule has 2 aromatic rings. The lowest BCUT2D eigenvalue weighted by Crippen LogP contribution is -2.00. The van der Waals surface area contributed by atoms with Gasteiger partial charge in [-0.05, 0) is 24.1 Å². The Kier molecular flexibility index (Phi) is 4.63. The van der Waals surface area contributed by atoms with E-state index in [-0.39, 0.29) is 5.69 Å². The minimum atomic E-state index is -0.431. The predicted octanol–water partition coefficient (Wildman–Crippen LogP) is 4.07. The Morgan fingerprint density at radius 1 is 1.40 bits per heavy atom. The van der Waals surface area contributed by atoms with Crippen LogP contribution < -0.4 is 5.32 Å². The van der Waals surface area contributed by atoms with Crippen LogP contribution in [-0.2, 0) is 13.1 Å². The van der Waals surface area contributed by atoms with E-state index in [0.717, 1.165) is 18.5 Å². The molecule has 0 amide bonds. The highest BCUT2D eigenvalue weighted by molar-refractivity contribution is 6.33. The van der Waals surface area contributed by atoms with Crippen molar-refractivity contribution in [2.45, 2.75) is 26.4 Å². The summed E-state index contributed by atoms with van der Waals surface area (Å²) in [6, 6.07) is 6.40. The van der Waals surface area contributed by atoms with Gasteiger partial charge in [0.15, 0.2) is 0 Å². The first-order chi connectivity index (χ1) is 9.60. The van der Waals surface area contributed by atoms with Crippen molar-refractivity contribution in [1.82, 2.24) is 4.57 Å². The molecule has 0 aliphatic heterocycles. The Labute approximate surface area is 122 Å². The first-order valence-electron chi connectivity index (χ1n) is 6.42. The maximum atomic E-state index is 10.7. The van der Waals surface area contributed by atoms with Crippen molar-refractivity contribution in [1.29, 1.82) is 0 Å². The third kappa shape index (κ3) is 3.51. The van der Waals surface area contributed by atoms with Crippen LogP contribution in [0, 0.1) is 10.1 Å². The zero-order valence-corrected chi connectivity index (χ0v) is 11.9. The smallest absolute Gasteiger partial charge is 0.271 e. The Morgan fingerprint density at radius 2 is 2.20 bits per heavy atom. The summed E-state index contributed by atoms with van der Waals surface area (Å²) in [6.45, 7) is 3.69. The molecule has 1 N–H and O–H groups in total. The lowest BCUT2D eigenvalue weighted by molar-refractivity contribution is -0.384. The number of benzene rings is 1. The fourth-order valence-corrected chi connectivity index (χ4v) is 2.14. The first-order valence-corrected chi connectivity index (χ1v) is 6.80. The maximum Gasteiger partial charge on any atom is 0.271 e. The van der Waals surface area contributed by atoms with Crippen molar-refractivity contribution in [2.75, 3.05) is 5.32 Å². The molecular formula is C14H16ClN3O2. The molecule has 1 aromatic heterocycles. The molecule has 0 spiro atoms. The van der Waals surface area contributed by atoms with Crippen LogP contribution in [0.15, 0.2) is 36.7 Å². The largest absolute Gasteiger partial charge is 0.379 e. The maximum absolute atomic E-state index is 10.7. The minimum absolute atomic E-state index is 0.0282. The summed E-state index contributed by atoms with van der Waals surface area (Å²) in [5, 5.41) is 14.4. The summed E-state index contributed by atoms with van der Waals surface area (Å²) in [7, 11) is 0. The van der Waals surface area contributed by atoms with Crippen LogP contribution in [0.1, 0.15) is 18.9 Å². The summed E-state index contributed by atoms with van der Waals surface area (Å²) in [5.74, 6) is 0. The molecule has 0 saturated carbocycles. The number of hydrogen-bond acceptors (Lipinski definition) is 3. The van der Waals surface area contributed by atoms with Gasteiger partial charge in [0.05, 0.1) is 15.6 Å². The monoisotopic (exact) mass is 293 g/mol. The third-order valence-electron chi connectivity index (χ3n) is 2.94. The lowest BCUT2D eigenvalue weighted by Gasteiger charge is -2.07. The van der Waals surface area contributed by atoms with E-state index in [1.165, 1.54) is 18.2 Å². The Morgan fingerprint density at radius 3 is 2.90 bits per heavy atom. The second-order valence-corrected chi connectivity index (χ2v) is 4.94. The van der Waals surface area contributed by atoms with Gasteiger partial charge in [-0.3, -0.25) is 10.1 Å². The molecule has 0 atom stereocenters. The highest BCUT2D eigenvalue weighted by Crippen LogP contribution is 2.27. The Bertz CT molecular complexity index is 610. The number of hydrogen-bond donors (Lipinski definition) is 1. The van der Waals surface area contributed by atoms with Gasteiger partial charge in [0.1, 0.15) is 0 Å². The summed E-state index contributed by atoms with van der Waals surface area (Å²) >= 11 is 6.03. The van der Waals surface area contributed by atoms with Crippen LogP contribution in [0.5, 0.6) is 0 Å². The molecule has 106 valence electrons. The molecule has 6 heteroatoms. The van der Waals surface area contributed by atoms with Gasteiger partial charge in [-0.15, -0.1) is 0 Å². The minimum Gasteiger partial charge on any atom is -0.379 e. The zero-order chi connectivity index (χ0) is 14.5. The summed E-state index contributed by atoms with van der Waals surface area (Å²) in [4.78, 5) is 10.3. The number of halogens is 1. The molecule has 0 radical (unpaired) electrons. The second kappa shape index (κ2) is 6.43. The standard InChI is InChI=1S/C14H16ClN3O2/c1-2-6-17-7-5-11(10-17)9-16-14-8-12(18(19)20)3-4-13(14)15/h3-5,7-8,10,16H,2,6,9H2,1H3. The third-order valence-corrected chi connectivity index (χ3v) is 3.27. The first kappa shape index (κ1) is 14.4. The molecular weight excluding hydrogens is 278 g/mol. The van der Waals surface area contributed by atoms with Crippen molar-refractivity contribution in [3.8, 4) is 0 Å². The van der Waals surface area contributed by atoms with Gasteiger partial charge in [0, 0.05) is 37.6 Å². The molecule has 0 aliphatic carbocycles. The van der Waals surface area contributed by atoms with Gasteiger partial charge >= 0.3 is 0 Å². The Hall–Kier alpha value is -2.01. The number of nitrogens with zero attached hydrogens (tertiary/aromatic N) is 2. The quantitative estimate of drug-likeness (QED) is 0.645. The number of nitro benzene ring substituents is 1. The van der Waals surface area contributed by atoms with Crippen molar-refractivity contribution in [2.24, 2.45) is 0 Å². The molecule has 1 heterocycles. The number of rotatable bonds is 6. The molecule has 20 heavy (non-hydrogen) atoms. The number of non-ortho nitro benzene ring substituents is 1. The van der Waals surface area contributed by atoms with Crippen LogP contribution in [0.4, 0.5) is 11.4 Å². The van der Waals surface area contributed by atoms with Crippen molar-refractivity contribution >= 4 is 23.0 Å². The molecule has 0 saturated heterocycles. The SMILES string of the molecule is CCCn1ccc(CNc2cc([N+](=O)[O-])ccc2Cl)c1. The molecule has 0 bridgehead atoms. The average molecular weight is 294 g/mol. The number of nitro groups is 1. The lowest BCUT2D eigenvalue weighted by atomic mass is 10.2. The molecule has 2 rings (SSSR count). The van der Waals surface area contributed by atoms with Crippen LogP contribution in [0.25, 0.3) is 0 Å². The normalized spacial score (nSPS) is 10.5. The molecule has 0 fully saturated rings. The van der Waals surface area contributed by atoms with E-state index < -0.39 is 4.92 Å². The van der Waals surface area contributed by atoms with E-state index in [0.29, 0.717) is 17.3 Å². The van der Waals surface area contributed by atoms with Gasteiger partial charge in [-0.2, -0.15) is 0 Å². The van der Waals surface area contributed by atoms with Crippen LogP contribution in [0.2, 0.25) is 5.02 Å². The zero-order valence-electron chi connectivity index (χ0n) is 11.2. The van der Waals surface area contributed by atoms with Crippen molar-refractivity contribution < 1.29 is 4.92 Å². The van der Waals surface area contributed by atoms with Crippen LogP contribution in [0.3, 0.4) is 0 Å². The van der Waals surface area contributed by atoms with Gasteiger partial charge in [0.25, 0.3) is 5.69 Å².